The van der Waals surface area contributed by atoms with Gasteiger partial charge in [0.05, 0.1) is 20.3 Å². The third kappa shape index (κ3) is 7.21. The Bertz CT molecular complexity index is 644. The summed E-state index contributed by atoms with van der Waals surface area (Å²) in [6, 6.07) is 10.3. The zero-order valence-electron chi connectivity index (χ0n) is 14.9. The van der Waals surface area contributed by atoms with Gasteiger partial charge in [-0.25, -0.2) is 4.99 Å². The van der Waals surface area contributed by atoms with Crippen LogP contribution in [0.15, 0.2) is 40.7 Å². The van der Waals surface area contributed by atoms with Crippen molar-refractivity contribution in [1.29, 1.82) is 0 Å². The van der Waals surface area contributed by atoms with Crippen LogP contribution in [0, 0.1) is 0 Å². The average molecular weight is 475 g/mol. The van der Waals surface area contributed by atoms with Crippen LogP contribution in [0.1, 0.15) is 11.8 Å². The first kappa shape index (κ1) is 21.7. The summed E-state index contributed by atoms with van der Waals surface area (Å²) in [6.45, 7) is 4.94. The molecular weight excluding hydrogens is 449 g/mol. The fourth-order valence-corrected chi connectivity index (χ4v) is 2.99. The molecule has 0 unspecified atom stereocenters. The number of ether oxygens (including phenoxy) is 2. The highest BCUT2D eigenvalue weighted by Crippen LogP contribution is 2.27. The number of nitrogens with one attached hydrogen (secondary N) is 2. The van der Waals surface area contributed by atoms with E-state index in [0.29, 0.717) is 13.2 Å². The molecule has 1 aromatic carbocycles. The Balaban J connectivity index is 0.00000312. The molecule has 0 saturated carbocycles. The lowest BCUT2D eigenvalue weighted by Gasteiger charge is -2.10. The number of rotatable bonds is 8. The van der Waals surface area contributed by atoms with Gasteiger partial charge in [-0.1, -0.05) is 12.1 Å². The van der Waals surface area contributed by atoms with Crippen LogP contribution in [0.5, 0.6) is 5.75 Å². The van der Waals surface area contributed by atoms with Gasteiger partial charge in [0.2, 0.25) is 0 Å². The monoisotopic (exact) mass is 475 g/mol. The van der Waals surface area contributed by atoms with Crippen molar-refractivity contribution in [3.63, 3.8) is 0 Å². The predicted molar refractivity (Wildman–Crippen MR) is 116 cm³/mol. The summed E-state index contributed by atoms with van der Waals surface area (Å²) in [6.07, 6.45) is 0. The number of methoxy groups -OCH3 is 2. The maximum atomic E-state index is 5.20. The summed E-state index contributed by atoms with van der Waals surface area (Å²) in [5.74, 6) is 1.69. The van der Waals surface area contributed by atoms with Gasteiger partial charge in [-0.15, -0.1) is 35.3 Å². The normalized spacial score (nSPS) is 10.9. The Morgan fingerprint density at radius 3 is 2.52 bits per heavy atom. The molecule has 0 amide bonds. The quantitative estimate of drug-likeness (QED) is 0.264. The molecule has 0 spiro atoms. The standard InChI is InChI=1S/C18H25N3O2S.HI/c1-4-19-18(20-9-10-22-2)21-12-17-11-15(13-24-17)14-5-7-16(23-3)8-6-14;/h5-8,11,13H,4,9-10,12H2,1-3H3,(H2,19,20,21);1H. The number of guanidine groups is 1. The fourth-order valence-electron chi connectivity index (χ4n) is 2.17. The summed E-state index contributed by atoms with van der Waals surface area (Å²) in [4.78, 5) is 5.85. The van der Waals surface area contributed by atoms with Gasteiger partial charge in [-0.2, -0.15) is 0 Å². The van der Waals surface area contributed by atoms with Gasteiger partial charge in [-0.05, 0) is 41.6 Å². The van der Waals surface area contributed by atoms with E-state index in [1.807, 2.05) is 12.1 Å². The molecule has 1 aromatic heterocycles. The van der Waals surface area contributed by atoms with E-state index in [0.717, 1.165) is 24.8 Å². The lowest BCUT2D eigenvalue weighted by Crippen LogP contribution is -2.38. The van der Waals surface area contributed by atoms with Crippen molar-refractivity contribution in [2.24, 2.45) is 4.99 Å². The summed E-state index contributed by atoms with van der Waals surface area (Å²) >= 11 is 1.72. The maximum Gasteiger partial charge on any atom is 0.191 e. The minimum atomic E-state index is 0. The van der Waals surface area contributed by atoms with E-state index in [1.165, 1.54) is 16.0 Å². The van der Waals surface area contributed by atoms with Crippen molar-refractivity contribution in [2.75, 3.05) is 33.9 Å². The van der Waals surface area contributed by atoms with Crippen molar-refractivity contribution in [1.82, 2.24) is 10.6 Å². The Morgan fingerprint density at radius 2 is 1.88 bits per heavy atom. The molecule has 2 N–H and O–H groups in total. The molecule has 138 valence electrons. The fraction of sp³-hybridized carbons (Fsp3) is 0.389. The van der Waals surface area contributed by atoms with Gasteiger partial charge in [0, 0.05) is 25.1 Å². The minimum absolute atomic E-state index is 0. The molecule has 0 aliphatic heterocycles. The number of benzene rings is 1. The smallest absolute Gasteiger partial charge is 0.191 e. The van der Waals surface area contributed by atoms with Crippen LogP contribution < -0.4 is 15.4 Å². The first-order valence-electron chi connectivity index (χ1n) is 7.99. The number of nitrogens with zero attached hydrogens (tertiary/aromatic N) is 1. The molecule has 2 aromatic rings. The van der Waals surface area contributed by atoms with E-state index in [9.17, 15) is 0 Å². The Morgan fingerprint density at radius 1 is 1.12 bits per heavy atom. The highest BCUT2D eigenvalue weighted by Gasteiger charge is 2.04. The molecule has 0 saturated heterocycles. The first-order chi connectivity index (χ1) is 11.8. The molecule has 1 heterocycles. The van der Waals surface area contributed by atoms with Crippen molar-refractivity contribution in [3.05, 3.63) is 40.6 Å². The van der Waals surface area contributed by atoms with Gasteiger partial charge in [0.15, 0.2) is 5.96 Å². The third-order valence-corrected chi connectivity index (χ3v) is 4.33. The summed E-state index contributed by atoms with van der Waals surface area (Å²) in [5.41, 5.74) is 2.40. The average Bonchev–Trinajstić information content (AvgIpc) is 3.09. The van der Waals surface area contributed by atoms with E-state index in [2.05, 4.69) is 46.1 Å². The number of hydrogen-bond donors (Lipinski definition) is 2. The van der Waals surface area contributed by atoms with E-state index in [1.54, 1.807) is 25.6 Å². The van der Waals surface area contributed by atoms with Gasteiger partial charge < -0.3 is 20.1 Å². The Hall–Kier alpha value is -1.32. The number of thiophene rings is 1. The van der Waals surface area contributed by atoms with Gasteiger partial charge >= 0.3 is 0 Å². The highest BCUT2D eigenvalue weighted by atomic mass is 127. The van der Waals surface area contributed by atoms with Crippen molar-refractivity contribution >= 4 is 41.3 Å². The first-order valence-corrected chi connectivity index (χ1v) is 8.87. The highest BCUT2D eigenvalue weighted by molar-refractivity contribution is 14.0. The molecule has 0 bridgehead atoms. The second kappa shape index (κ2) is 12.1. The summed E-state index contributed by atoms with van der Waals surface area (Å²) in [7, 11) is 3.37. The van der Waals surface area contributed by atoms with Crippen LogP contribution in [0.4, 0.5) is 0 Å². The SMILES string of the molecule is CCNC(=NCc1cc(-c2ccc(OC)cc2)cs1)NCCOC.I. The van der Waals surface area contributed by atoms with Gasteiger partial charge in [0.25, 0.3) is 0 Å². The Labute approximate surface area is 170 Å². The number of aliphatic imine (C=N–C) groups is 1. The number of halogens is 1. The predicted octanol–water partition coefficient (Wildman–Crippen LogP) is 3.74. The molecule has 0 aliphatic rings. The molecule has 25 heavy (non-hydrogen) atoms. The van der Waals surface area contributed by atoms with Crippen LogP contribution in [-0.2, 0) is 11.3 Å². The second-order valence-corrected chi connectivity index (χ2v) is 6.14. The van der Waals surface area contributed by atoms with E-state index >= 15 is 0 Å². The topological polar surface area (TPSA) is 54.9 Å². The zero-order chi connectivity index (χ0) is 17.2. The summed E-state index contributed by atoms with van der Waals surface area (Å²) in [5, 5.41) is 8.65. The van der Waals surface area contributed by atoms with Crippen molar-refractivity contribution in [2.45, 2.75) is 13.5 Å². The zero-order valence-corrected chi connectivity index (χ0v) is 18.0. The molecule has 2 rings (SSSR count). The van der Waals surface area contributed by atoms with Crippen LogP contribution in [0.25, 0.3) is 11.1 Å². The van der Waals surface area contributed by atoms with E-state index in [-0.39, 0.29) is 24.0 Å². The molecule has 0 radical (unpaired) electrons. The molecule has 0 fully saturated rings. The van der Waals surface area contributed by atoms with E-state index in [4.69, 9.17) is 9.47 Å². The third-order valence-electron chi connectivity index (χ3n) is 3.41. The number of hydrogen-bond acceptors (Lipinski definition) is 4. The molecular formula is C18H26IN3O2S. The second-order valence-electron chi connectivity index (χ2n) is 5.14. The van der Waals surface area contributed by atoms with Crippen LogP contribution in [-0.4, -0.2) is 39.9 Å². The minimum Gasteiger partial charge on any atom is -0.497 e. The van der Waals surface area contributed by atoms with Gasteiger partial charge in [-0.3, -0.25) is 0 Å². The molecule has 0 atom stereocenters. The lowest BCUT2D eigenvalue weighted by molar-refractivity contribution is 0.203. The molecule has 7 heteroatoms. The van der Waals surface area contributed by atoms with Crippen LogP contribution in [0.3, 0.4) is 0 Å². The lowest BCUT2D eigenvalue weighted by atomic mass is 10.1. The molecule has 5 nitrogen and oxygen atoms in total. The Kier molecular flexibility index (Phi) is 10.5. The maximum absolute atomic E-state index is 5.20. The largest absolute Gasteiger partial charge is 0.497 e. The van der Waals surface area contributed by atoms with Crippen LogP contribution >= 0.6 is 35.3 Å². The summed E-state index contributed by atoms with van der Waals surface area (Å²) < 4.78 is 10.3. The van der Waals surface area contributed by atoms with Crippen LogP contribution in [0.2, 0.25) is 0 Å². The van der Waals surface area contributed by atoms with Crippen molar-refractivity contribution < 1.29 is 9.47 Å². The molecule has 0 aliphatic carbocycles. The van der Waals surface area contributed by atoms with Crippen molar-refractivity contribution in [3.8, 4) is 16.9 Å². The van der Waals surface area contributed by atoms with Gasteiger partial charge in [0.1, 0.15) is 5.75 Å². The van der Waals surface area contributed by atoms with E-state index < -0.39 is 0 Å².